The molecule has 0 atom stereocenters. The van der Waals surface area contributed by atoms with Crippen molar-refractivity contribution in [2.75, 3.05) is 6.26 Å². The number of carbonyl (C=O) groups excluding carboxylic acids is 1. The molecule has 0 bridgehead atoms. The molecule has 2 aromatic rings. The van der Waals surface area contributed by atoms with Gasteiger partial charge in [0.25, 0.3) is 0 Å². The van der Waals surface area contributed by atoms with Crippen LogP contribution in [0.4, 0.5) is 0 Å². The summed E-state index contributed by atoms with van der Waals surface area (Å²) in [6.07, 6.45) is 3.83. The van der Waals surface area contributed by atoms with E-state index in [0.29, 0.717) is 15.7 Å². The first-order chi connectivity index (χ1) is 8.69. The summed E-state index contributed by atoms with van der Waals surface area (Å²) < 4.78 is 0. The van der Waals surface area contributed by atoms with Gasteiger partial charge < -0.3 is 0 Å². The molecule has 0 radical (unpaired) electrons. The molecule has 0 N–H and O–H groups in total. The fraction of sp³-hybridized carbons (Fsp3) is 0.154. The Hall–Kier alpha value is -1.39. The molecule has 18 heavy (non-hydrogen) atoms. The lowest BCUT2D eigenvalue weighted by molar-refractivity contribution is 0.0991. The van der Waals surface area contributed by atoms with Gasteiger partial charge in [0.15, 0.2) is 10.9 Å². The van der Waals surface area contributed by atoms with Gasteiger partial charge in [-0.3, -0.25) is 4.79 Å². The van der Waals surface area contributed by atoms with Crippen LogP contribution in [0.15, 0.2) is 41.7 Å². The topological polar surface area (TPSA) is 42.9 Å². The Morgan fingerprint density at radius 2 is 2.22 bits per heavy atom. The highest BCUT2D eigenvalue weighted by atomic mass is 35.5. The molecule has 1 aromatic heterocycles. The van der Waals surface area contributed by atoms with Crippen molar-refractivity contribution < 1.29 is 4.79 Å². The zero-order chi connectivity index (χ0) is 13.0. The number of aromatic nitrogens is 2. The Morgan fingerprint density at radius 3 is 2.94 bits per heavy atom. The molecule has 5 heteroatoms. The summed E-state index contributed by atoms with van der Waals surface area (Å²) >= 11 is 7.31. The van der Waals surface area contributed by atoms with Gasteiger partial charge in [0.1, 0.15) is 0 Å². The van der Waals surface area contributed by atoms with Crippen LogP contribution < -0.4 is 0 Å². The van der Waals surface area contributed by atoms with E-state index in [0.717, 1.165) is 5.69 Å². The third-order valence-electron chi connectivity index (χ3n) is 2.36. The van der Waals surface area contributed by atoms with Gasteiger partial charge in [-0.2, -0.15) is 0 Å². The Bertz CT molecular complexity index is 574. The summed E-state index contributed by atoms with van der Waals surface area (Å²) in [7, 11) is 0. The van der Waals surface area contributed by atoms with Crippen LogP contribution in [0.3, 0.4) is 0 Å². The monoisotopic (exact) mass is 278 g/mol. The average Bonchev–Trinajstić information content (AvgIpc) is 2.39. The summed E-state index contributed by atoms with van der Waals surface area (Å²) in [5.41, 5.74) is 1.33. The molecule has 0 aliphatic heterocycles. The smallest absolute Gasteiger partial charge is 0.187 e. The number of ketones is 1. The van der Waals surface area contributed by atoms with E-state index in [9.17, 15) is 4.79 Å². The molecule has 0 amide bonds. The first-order valence-electron chi connectivity index (χ1n) is 5.33. The fourth-order valence-corrected chi connectivity index (χ4v) is 2.07. The Balaban J connectivity index is 2.16. The highest BCUT2D eigenvalue weighted by Gasteiger charge is 2.09. The number of hydrogen-bond donors (Lipinski definition) is 0. The number of Topliss-reactive ketones (excluding diaryl/α,β-unsaturated/α-hetero) is 1. The highest BCUT2D eigenvalue weighted by molar-refractivity contribution is 7.98. The van der Waals surface area contributed by atoms with Gasteiger partial charge in [0, 0.05) is 16.8 Å². The van der Waals surface area contributed by atoms with E-state index >= 15 is 0 Å². The van der Waals surface area contributed by atoms with Crippen molar-refractivity contribution in [3.8, 4) is 0 Å². The second kappa shape index (κ2) is 5.98. The minimum absolute atomic E-state index is 0.00301. The summed E-state index contributed by atoms with van der Waals surface area (Å²) in [6.45, 7) is 0. The molecule has 0 aliphatic carbocycles. The molecule has 3 nitrogen and oxygen atoms in total. The van der Waals surface area contributed by atoms with Crippen molar-refractivity contribution in [2.45, 2.75) is 11.6 Å². The minimum Gasteiger partial charge on any atom is -0.294 e. The van der Waals surface area contributed by atoms with Crippen molar-refractivity contribution >= 4 is 29.1 Å². The summed E-state index contributed by atoms with van der Waals surface area (Å²) in [6, 6.07) is 8.69. The lowest BCUT2D eigenvalue weighted by Gasteiger charge is -2.02. The van der Waals surface area contributed by atoms with E-state index in [2.05, 4.69) is 9.97 Å². The lowest BCUT2D eigenvalue weighted by Crippen LogP contribution is -2.05. The molecule has 0 saturated heterocycles. The highest BCUT2D eigenvalue weighted by Crippen LogP contribution is 2.14. The van der Waals surface area contributed by atoms with E-state index in [1.54, 1.807) is 36.5 Å². The molecule has 2 rings (SSSR count). The number of hydrogen-bond acceptors (Lipinski definition) is 4. The van der Waals surface area contributed by atoms with E-state index in [1.807, 2.05) is 6.26 Å². The molecule has 0 aliphatic rings. The van der Waals surface area contributed by atoms with Gasteiger partial charge in [0.05, 0.1) is 12.1 Å². The SMILES string of the molecule is CSc1nccc(CC(=O)c2cccc(Cl)c2)n1. The van der Waals surface area contributed by atoms with Gasteiger partial charge in [-0.1, -0.05) is 35.5 Å². The normalized spacial score (nSPS) is 10.3. The van der Waals surface area contributed by atoms with E-state index in [1.165, 1.54) is 11.8 Å². The Morgan fingerprint density at radius 1 is 1.39 bits per heavy atom. The van der Waals surface area contributed by atoms with Crippen LogP contribution in [0.25, 0.3) is 0 Å². The maximum atomic E-state index is 12.0. The molecular formula is C13H11ClN2OS. The Kier molecular flexibility index (Phi) is 4.33. The van der Waals surface area contributed by atoms with Crippen molar-refractivity contribution in [3.63, 3.8) is 0 Å². The number of halogens is 1. The zero-order valence-electron chi connectivity index (χ0n) is 9.76. The molecule has 0 fully saturated rings. The van der Waals surface area contributed by atoms with Gasteiger partial charge in [0.2, 0.25) is 0 Å². The van der Waals surface area contributed by atoms with Crippen LogP contribution in [-0.4, -0.2) is 22.0 Å². The third-order valence-corrected chi connectivity index (χ3v) is 3.16. The molecule has 1 aromatic carbocycles. The predicted octanol–water partition coefficient (Wildman–Crippen LogP) is 3.28. The van der Waals surface area contributed by atoms with Crippen molar-refractivity contribution in [3.05, 3.63) is 52.8 Å². The van der Waals surface area contributed by atoms with E-state index in [4.69, 9.17) is 11.6 Å². The molecule has 0 spiro atoms. The van der Waals surface area contributed by atoms with Gasteiger partial charge in [-0.15, -0.1) is 0 Å². The minimum atomic E-state index is 0.00301. The summed E-state index contributed by atoms with van der Waals surface area (Å²) in [5.74, 6) is 0.00301. The quantitative estimate of drug-likeness (QED) is 0.489. The second-order valence-electron chi connectivity index (χ2n) is 3.64. The van der Waals surface area contributed by atoms with Gasteiger partial charge in [-0.25, -0.2) is 9.97 Å². The number of benzene rings is 1. The standard InChI is InChI=1S/C13H11ClN2OS/c1-18-13-15-6-5-11(16-13)8-12(17)9-3-2-4-10(14)7-9/h2-7H,8H2,1H3. The molecule has 92 valence electrons. The van der Waals surface area contributed by atoms with Gasteiger partial charge >= 0.3 is 0 Å². The third kappa shape index (κ3) is 3.31. The van der Waals surface area contributed by atoms with Crippen molar-refractivity contribution in [2.24, 2.45) is 0 Å². The van der Waals surface area contributed by atoms with Crippen LogP contribution in [0.2, 0.25) is 5.02 Å². The largest absolute Gasteiger partial charge is 0.294 e. The van der Waals surface area contributed by atoms with Crippen LogP contribution in [0, 0.1) is 0 Å². The lowest BCUT2D eigenvalue weighted by atomic mass is 10.1. The molecule has 1 heterocycles. The van der Waals surface area contributed by atoms with Crippen molar-refractivity contribution in [1.29, 1.82) is 0 Å². The summed E-state index contributed by atoms with van der Waals surface area (Å²) in [4.78, 5) is 20.4. The van der Waals surface area contributed by atoms with Crippen LogP contribution >= 0.6 is 23.4 Å². The zero-order valence-corrected chi connectivity index (χ0v) is 11.3. The molecule has 0 saturated carbocycles. The van der Waals surface area contributed by atoms with Crippen LogP contribution in [-0.2, 0) is 6.42 Å². The number of nitrogens with zero attached hydrogens (tertiary/aromatic N) is 2. The number of thioether (sulfide) groups is 1. The van der Waals surface area contributed by atoms with Crippen LogP contribution in [0.1, 0.15) is 16.1 Å². The van der Waals surface area contributed by atoms with Crippen LogP contribution in [0.5, 0.6) is 0 Å². The average molecular weight is 279 g/mol. The molecular weight excluding hydrogens is 268 g/mol. The first kappa shape index (κ1) is 13.1. The predicted molar refractivity (Wildman–Crippen MR) is 73.3 cm³/mol. The second-order valence-corrected chi connectivity index (χ2v) is 4.85. The van der Waals surface area contributed by atoms with E-state index in [-0.39, 0.29) is 12.2 Å². The Labute approximate surface area is 115 Å². The maximum Gasteiger partial charge on any atom is 0.187 e. The number of carbonyl (C=O) groups is 1. The fourth-order valence-electron chi connectivity index (χ4n) is 1.50. The summed E-state index contributed by atoms with van der Waals surface area (Å²) in [5, 5.41) is 1.24. The maximum absolute atomic E-state index is 12.0. The first-order valence-corrected chi connectivity index (χ1v) is 6.94. The molecule has 0 unspecified atom stereocenters. The van der Waals surface area contributed by atoms with Crippen molar-refractivity contribution in [1.82, 2.24) is 9.97 Å². The van der Waals surface area contributed by atoms with E-state index < -0.39 is 0 Å². The van der Waals surface area contributed by atoms with Gasteiger partial charge in [-0.05, 0) is 24.5 Å². The number of rotatable bonds is 4.